The van der Waals surface area contributed by atoms with Crippen LogP contribution in [0.4, 0.5) is 0 Å². The maximum absolute atomic E-state index is 11.9. The predicted molar refractivity (Wildman–Crippen MR) is 83.2 cm³/mol. The molecule has 0 amide bonds. The molecule has 0 saturated carbocycles. The summed E-state index contributed by atoms with van der Waals surface area (Å²) in [5, 5.41) is 11.8. The molecular weight excluding hydrogens is 316 g/mol. The molecule has 0 aliphatic carbocycles. The number of hydrogen-bond donors (Lipinski definition) is 3. The van der Waals surface area contributed by atoms with Gasteiger partial charge in [-0.25, -0.2) is 13.1 Å². The largest absolute Gasteiger partial charge is 0.480 e. The standard InChI is InChI=1S/C13H20N2O4S.ClH/c1-2-6-12(13(16)17)14-9-10-15-20(18,19)11-7-4-3-5-8-11;/h3-5,7-8,12,14-15H,2,6,9-10H2,1H3,(H,16,17);1H. The molecule has 3 N–H and O–H groups in total. The molecule has 120 valence electrons. The SMILES string of the molecule is CCCC(NCCNS(=O)(=O)c1ccccc1)C(=O)O.Cl. The highest BCUT2D eigenvalue weighted by Crippen LogP contribution is 2.06. The van der Waals surface area contributed by atoms with Crippen LogP contribution in [0.25, 0.3) is 0 Å². The summed E-state index contributed by atoms with van der Waals surface area (Å²) in [6.45, 7) is 2.31. The van der Waals surface area contributed by atoms with Crippen LogP contribution in [-0.2, 0) is 14.8 Å². The van der Waals surface area contributed by atoms with Gasteiger partial charge in [-0.1, -0.05) is 31.5 Å². The molecule has 0 aliphatic rings. The molecule has 6 nitrogen and oxygen atoms in total. The number of nitrogens with one attached hydrogen (secondary N) is 2. The second kappa shape index (κ2) is 9.73. The van der Waals surface area contributed by atoms with Gasteiger partial charge in [0.15, 0.2) is 0 Å². The van der Waals surface area contributed by atoms with E-state index in [2.05, 4.69) is 10.0 Å². The molecule has 1 unspecified atom stereocenters. The Hall–Kier alpha value is -1.15. The third-order valence-corrected chi connectivity index (χ3v) is 4.21. The minimum Gasteiger partial charge on any atom is -0.480 e. The van der Waals surface area contributed by atoms with E-state index in [1.54, 1.807) is 18.2 Å². The smallest absolute Gasteiger partial charge is 0.320 e. The van der Waals surface area contributed by atoms with Gasteiger partial charge < -0.3 is 10.4 Å². The number of rotatable bonds is 9. The van der Waals surface area contributed by atoms with Crippen LogP contribution in [0.1, 0.15) is 19.8 Å². The zero-order chi connectivity index (χ0) is 15.0. The van der Waals surface area contributed by atoms with Crippen LogP contribution >= 0.6 is 12.4 Å². The van der Waals surface area contributed by atoms with Crippen molar-refractivity contribution in [3.63, 3.8) is 0 Å². The van der Waals surface area contributed by atoms with Gasteiger partial charge in [0.25, 0.3) is 0 Å². The van der Waals surface area contributed by atoms with Gasteiger partial charge in [-0.05, 0) is 18.6 Å². The van der Waals surface area contributed by atoms with E-state index in [-0.39, 0.29) is 30.4 Å². The Bertz CT molecular complexity index is 522. The molecule has 0 aromatic heterocycles. The van der Waals surface area contributed by atoms with Crippen molar-refractivity contribution in [1.82, 2.24) is 10.0 Å². The number of aliphatic carboxylic acids is 1. The molecule has 0 radical (unpaired) electrons. The lowest BCUT2D eigenvalue weighted by atomic mass is 10.2. The molecule has 0 saturated heterocycles. The summed E-state index contributed by atoms with van der Waals surface area (Å²) >= 11 is 0. The number of benzene rings is 1. The monoisotopic (exact) mass is 336 g/mol. The molecular formula is C13H21ClN2O4S. The van der Waals surface area contributed by atoms with E-state index in [0.717, 1.165) is 6.42 Å². The third kappa shape index (κ3) is 6.90. The van der Waals surface area contributed by atoms with Crippen molar-refractivity contribution >= 4 is 28.4 Å². The van der Waals surface area contributed by atoms with Crippen molar-refractivity contribution in [2.24, 2.45) is 0 Å². The minimum absolute atomic E-state index is 0. The van der Waals surface area contributed by atoms with E-state index in [9.17, 15) is 13.2 Å². The normalized spacial score (nSPS) is 12.4. The summed E-state index contributed by atoms with van der Waals surface area (Å²) in [6.07, 6.45) is 1.26. The van der Waals surface area contributed by atoms with E-state index >= 15 is 0 Å². The van der Waals surface area contributed by atoms with Crippen LogP contribution in [-0.4, -0.2) is 38.6 Å². The topological polar surface area (TPSA) is 95.5 Å². The van der Waals surface area contributed by atoms with Crippen LogP contribution < -0.4 is 10.0 Å². The average Bonchev–Trinajstić information content (AvgIpc) is 2.43. The first-order valence-corrected chi connectivity index (χ1v) is 7.96. The first kappa shape index (κ1) is 19.9. The maximum Gasteiger partial charge on any atom is 0.320 e. The van der Waals surface area contributed by atoms with E-state index in [0.29, 0.717) is 6.42 Å². The molecule has 8 heteroatoms. The van der Waals surface area contributed by atoms with Gasteiger partial charge in [-0.3, -0.25) is 4.79 Å². The average molecular weight is 337 g/mol. The first-order valence-electron chi connectivity index (χ1n) is 6.48. The van der Waals surface area contributed by atoms with Crippen LogP contribution in [0, 0.1) is 0 Å². The minimum atomic E-state index is -3.53. The van der Waals surface area contributed by atoms with E-state index in [4.69, 9.17) is 5.11 Å². The van der Waals surface area contributed by atoms with Crippen LogP contribution in [0.15, 0.2) is 35.2 Å². The summed E-state index contributed by atoms with van der Waals surface area (Å²) < 4.78 is 26.2. The Labute approximate surface area is 131 Å². The van der Waals surface area contributed by atoms with Crippen molar-refractivity contribution < 1.29 is 18.3 Å². The van der Waals surface area contributed by atoms with Crippen molar-refractivity contribution in [3.8, 4) is 0 Å². The molecule has 1 rings (SSSR count). The predicted octanol–water partition coefficient (Wildman–Crippen LogP) is 1.23. The van der Waals surface area contributed by atoms with Gasteiger partial charge in [0.05, 0.1) is 4.90 Å². The maximum atomic E-state index is 11.9. The number of carboxylic acids is 1. The van der Waals surface area contributed by atoms with E-state index < -0.39 is 22.0 Å². The zero-order valence-electron chi connectivity index (χ0n) is 11.8. The van der Waals surface area contributed by atoms with Gasteiger partial charge in [-0.2, -0.15) is 0 Å². The molecule has 21 heavy (non-hydrogen) atoms. The summed E-state index contributed by atoms with van der Waals surface area (Å²) in [6, 6.07) is 7.41. The van der Waals surface area contributed by atoms with E-state index in [1.165, 1.54) is 12.1 Å². The van der Waals surface area contributed by atoms with Crippen molar-refractivity contribution in [1.29, 1.82) is 0 Å². The lowest BCUT2D eigenvalue weighted by Crippen LogP contribution is -2.41. The Morgan fingerprint density at radius 2 is 1.86 bits per heavy atom. The highest BCUT2D eigenvalue weighted by molar-refractivity contribution is 7.89. The number of sulfonamides is 1. The van der Waals surface area contributed by atoms with Crippen LogP contribution in [0.2, 0.25) is 0 Å². The third-order valence-electron chi connectivity index (χ3n) is 2.74. The van der Waals surface area contributed by atoms with Crippen molar-refractivity contribution in [3.05, 3.63) is 30.3 Å². The number of carboxylic acid groups (broad SMARTS) is 1. The molecule has 1 aromatic rings. The first-order chi connectivity index (χ1) is 9.47. The molecule has 1 atom stereocenters. The van der Waals surface area contributed by atoms with Crippen molar-refractivity contribution in [2.75, 3.05) is 13.1 Å². The Kier molecular flexibility index (Phi) is 9.19. The van der Waals surface area contributed by atoms with Crippen LogP contribution in [0.5, 0.6) is 0 Å². The van der Waals surface area contributed by atoms with Crippen molar-refractivity contribution in [2.45, 2.75) is 30.7 Å². The van der Waals surface area contributed by atoms with Crippen LogP contribution in [0.3, 0.4) is 0 Å². The highest BCUT2D eigenvalue weighted by Gasteiger charge is 2.16. The molecule has 0 spiro atoms. The Balaban J connectivity index is 0.00000400. The van der Waals surface area contributed by atoms with Gasteiger partial charge in [0.2, 0.25) is 10.0 Å². The fraction of sp³-hybridized carbons (Fsp3) is 0.462. The zero-order valence-corrected chi connectivity index (χ0v) is 13.4. The van der Waals surface area contributed by atoms with E-state index in [1.807, 2.05) is 6.92 Å². The summed E-state index contributed by atoms with van der Waals surface area (Å²) in [5.74, 6) is -0.919. The fourth-order valence-corrected chi connectivity index (χ4v) is 2.77. The quantitative estimate of drug-likeness (QED) is 0.589. The highest BCUT2D eigenvalue weighted by atomic mass is 35.5. The molecule has 1 aromatic carbocycles. The molecule has 0 aliphatic heterocycles. The van der Waals surface area contributed by atoms with Gasteiger partial charge in [0, 0.05) is 13.1 Å². The fourth-order valence-electron chi connectivity index (χ4n) is 1.72. The molecule has 0 bridgehead atoms. The lowest BCUT2D eigenvalue weighted by Gasteiger charge is -2.13. The summed E-state index contributed by atoms with van der Waals surface area (Å²) in [7, 11) is -3.53. The van der Waals surface area contributed by atoms with Gasteiger partial charge >= 0.3 is 5.97 Å². The Morgan fingerprint density at radius 3 is 2.38 bits per heavy atom. The number of halogens is 1. The molecule has 0 heterocycles. The van der Waals surface area contributed by atoms with Gasteiger partial charge in [0.1, 0.15) is 6.04 Å². The second-order valence-electron chi connectivity index (χ2n) is 4.34. The number of hydrogen-bond acceptors (Lipinski definition) is 4. The summed E-state index contributed by atoms with van der Waals surface area (Å²) in [4.78, 5) is 11.1. The Morgan fingerprint density at radius 1 is 1.24 bits per heavy atom. The lowest BCUT2D eigenvalue weighted by molar-refractivity contribution is -0.139. The second-order valence-corrected chi connectivity index (χ2v) is 6.11. The molecule has 0 fully saturated rings. The number of carbonyl (C=O) groups is 1. The summed E-state index contributed by atoms with van der Waals surface area (Å²) in [5.41, 5.74) is 0. The van der Waals surface area contributed by atoms with Gasteiger partial charge in [-0.15, -0.1) is 12.4 Å².